The summed E-state index contributed by atoms with van der Waals surface area (Å²) in [6.07, 6.45) is 2.61. The highest BCUT2D eigenvalue weighted by Crippen LogP contribution is 2.24. The molecule has 0 saturated heterocycles. The van der Waals surface area contributed by atoms with Crippen LogP contribution in [0.15, 0.2) is 22.7 Å². The molecule has 0 heterocycles. The summed E-state index contributed by atoms with van der Waals surface area (Å²) in [5, 5.41) is 9.43. The van der Waals surface area contributed by atoms with Gasteiger partial charge in [-0.05, 0) is 42.5 Å². The lowest BCUT2D eigenvalue weighted by Gasteiger charge is -2.20. The summed E-state index contributed by atoms with van der Waals surface area (Å²) < 4.78 is 1.11. The SMILES string of the molecule is OC1CCc2ccc(Br)cc2C1. The van der Waals surface area contributed by atoms with E-state index < -0.39 is 0 Å². The number of halogens is 1. The predicted molar refractivity (Wildman–Crippen MR) is 52.2 cm³/mol. The average molecular weight is 227 g/mol. The van der Waals surface area contributed by atoms with Gasteiger partial charge in [-0.2, -0.15) is 0 Å². The van der Waals surface area contributed by atoms with E-state index in [9.17, 15) is 5.11 Å². The van der Waals surface area contributed by atoms with Crippen LogP contribution >= 0.6 is 15.9 Å². The Morgan fingerprint density at radius 3 is 3.00 bits per heavy atom. The van der Waals surface area contributed by atoms with E-state index in [4.69, 9.17) is 0 Å². The first kappa shape index (κ1) is 8.27. The minimum absolute atomic E-state index is 0.133. The van der Waals surface area contributed by atoms with Gasteiger partial charge in [0.25, 0.3) is 0 Å². The normalized spacial score (nSPS) is 22.0. The van der Waals surface area contributed by atoms with E-state index in [1.54, 1.807) is 0 Å². The summed E-state index contributed by atoms with van der Waals surface area (Å²) in [5.74, 6) is 0. The molecule has 1 aromatic rings. The maximum absolute atomic E-state index is 9.43. The lowest BCUT2D eigenvalue weighted by atomic mass is 9.90. The molecule has 0 aliphatic heterocycles. The number of fused-ring (bicyclic) bond motifs is 1. The van der Waals surface area contributed by atoms with Crippen molar-refractivity contribution in [2.75, 3.05) is 0 Å². The molecule has 2 heteroatoms. The van der Waals surface area contributed by atoms with Gasteiger partial charge >= 0.3 is 0 Å². The fourth-order valence-electron chi connectivity index (χ4n) is 1.71. The van der Waals surface area contributed by atoms with Gasteiger partial charge in [0.1, 0.15) is 0 Å². The van der Waals surface area contributed by atoms with Gasteiger partial charge in [-0.1, -0.05) is 22.0 Å². The molecule has 1 unspecified atom stereocenters. The lowest BCUT2D eigenvalue weighted by molar-refractivity contribution is 0.158. The third-order valence-electron chi connectivity index (χ3n) is 2.37. The lowest BCUT2D eigenvalue weighted by Crippen LogP contribution is -2.18. The van der Waals surface area contributed by atoms with Crippen molar-refractivity contribution in [2.24, 2.45) is 0 Å². The average Bonchev–Trinajstić information content (AvgIpc) is 2.03. The summed E-state index contributed by atoms with van der Waals surface area (Å²) in [6.45, 7) is 0. The van der Waals surface area contributed by atoms with Crippen molar-refractivity contribution in [3.8, 4) is 0 Å². The summed E-state index contributed by atoms with van der Waals surface area (Å²) in [4.78, 5) is 0. The van der Waals surface area contributed by atoms with Crippen LogP contribution in [0.4, 0.5) is 0 Å². The molecule has 1 N–H and O–H groups in total. The van der Waals surface area contributed by atoms with Crippen LogP contribution in [0.5, 0.6) is 0 Å². The minimum Gasteiger partial charge on any atom is -0.393 e. The van der Waals surface area contributed by atoms with E-state index in [2.05, 4.69) is 34.1 Å². The number of aliphatic hydroxyl groups is 1. The Bertz CT molecular complexity index is 296. The zero-order valence-corrected chi connectivity index (χ0v) is 8.34. The van der Waals surface area contributed by atoms with Crippen molar-refractivity contribution in [2.45, 2.75) is 25.4 Å². The molecule has 0 bridgehead atoms. The molecule has 0 radical (unpaired) electrons. The fraction of sp³-hybridized carbons (Fsp3) is 0.400. The summed E-state index contributed by atoms with van der Waals surface area (Å²) >= 11 is 3.43. The van der Waals surface area contributed by atoms with Crippen LogP contribution in [-0.2, 0) is 12.8 Å². The van der Waals surface area contributed by atoms with Crippen molar-refractivity contribution in [3.05, 3.63) is 33.8 Å². The monoisotopic (exact) mass is 226 g/mol. The van der Waals surface area contributed by atoms with Gasteiger partial charge in [-0.25, -0.2) is 0 Å². The Morgan fingerprint density at radius 2 is 2.17 bits per heavy atom. The molecule has 0 aromatic heterocycles. The smallest absolute Gasteiger partial charge is 0.0583 e. The molecular weight excluding hydrogens is 216 g/mol. The maximum Gasteiger partial charge on any atom is 0.0583 e. The molecule has 2 rings (SSSR count). The quantitative estimate of drug-likeness (QED) is 0.720. The second-order valence-electron chi connectivity index (χ2n) is 3.31. The number of aryl methyl sites for hydroxylation is 1. The second-order valence-corrected chi connectivity index (χ2v) is 4.23. The molecule has 12 heavy (non-hydrogen) atoms. The molecule has 1 nitrogen and oxygen atoms in total. The van der Waals surface area contributed by atoms with Gasteiger partial charge in [-0.3, -0.25) is 0 Å². The third kappa shape index (κ3) is 1.54. The fourth-order valence-corrected chi connectivity index (χ4v) is 2.11. The maximum atomic E-state index is 9.43. The van der Waals surface area contributed by atoms with Gasteiger partial charge in [0, 0.05) is 4.47 Å². The Kier molecular flexibility index (Phi) is 2.20. The van der Waals surface area contributed by atoms with Gasteiger partial charge in [-0.15, -0.1) is 0 Å². The standard InChI is InChI=1S/C10H11BrO/c11-9-3-1-7-2-4-10(12)6-8(7)5-9/h1,3,5,10,12H,2,4,6H2. The molecule has 0 amide bonds. The first-order valence-corrected chi connectivity index (χ1v) is 5.00. The van der Waals surface area contributed by atoms with E-state index in [1.165, 1.54) is 11.1 Å². The highest BCUT2D eigenvalue weighted by Gasteiger charge is 2.15. The van der Waals surface area contributed by atoms with E-state index >= 15 is 0 Å². The highest BCUT2D eigenvalue weighted by atomic mass is 79.9. The van der Waals surface area contributed by atoms with Gasteiger partial charge < -0.3 is 5.11 Å². The van der Waals surface area contributed by atoms with Crippen molar-refractivity contribution in [1.29, 1.82) is 0 Å². The molecule has 1 atom stereocenters. The van der Waals surface area contributed by atoms with Crippen LogP contribution in [0.2, 0.25) is 0 Å². The second kappa shape index (κ2) is 3.19. The summed E-state index contributed by atoms with van der Waals surface area (Å²) in [5.41, 5.74) is 2.69. The number of aliphatic hydroxyl groups excluding tert-OH is 1. The zero-order valence-electron chi connectivity index (χ0n) is 6.76. The van der Waals surface area contributed by atoms with Crippen molar-refractivity contribution >= 4 is 15.9 Å². The Labute approximate surface area is 80.5 Å². The van der Waals surface area contributed by atoms with Crippen LogP contribution in [0.1, 0.15) is 17.5 Å². The highest BCUT2D eigenvalue weighted by molar-refractivity contribution is 9.10. The van der Waals surface area contributed by atoms with Crippen molar-refractivity contribution in [1.82, 2.24) is 0 Å². The number of hydrogen-bond acceptors (Lipinski definition) is 1. The van der Waals surface area contributed by atoms with Crippen LogP contribution in [0.25, 0.3) is 0 Å². The summed E-state index contributed by atoms with van der Waals surface area (Å²) in [7, 11) is 0. The van der Waals surface area contributed by atoms with E-state index in [0.717, 1.165) is 23.7 Å². The van der Waals surface area contributed by atoms with Crippen LogP contribution in [0, 0.1) is 0 Å². The van der Waals surface area contributed by atoms with Crippen molar-refractivity contribution < 1.29 is 5.11 Å². The van der Waals surface area contributed by atoms with Gasteiger partial charge in [0.15, 0.2) is 0 Å². The first-order valence-electron chi connectivity index (χ1n) is 4.21. The zero-order chi connectivity index (χ0) is 8.55. The molecule has 1 aromatic carbocycles. The molecule has 64 valence electrons. The van der Waals surface area contributed by atoms with Crippen LogP contribution in [0.3, 0.4) is 0 Å². The molecule has 0 fully saturated rings. The van der Waals surface area contributed by atoms with E-state index in [-0.39, 0.29) is 6.10 Å². The Morgan fingerprint density at radius 1 is 1.33 bits per heavy atom. The Hall–Kier alpha value is -0.340. The van der Waals surface area contributed by atoms with Crippen LogP contribution in [-0.4, -0.2) is 11.2 Å². The third-order valence-corrected chi connectivity index (χ3v) is 2.86. The van der Waals surface area contributed by atoms with Gasteiger partial charge in [0.05, 0.1) is 6.10 Å². The van der Waals surface area contributed by atoms with E-state index in [1.807, 2.05) is 0 Å². The molecule has 0 spiro atoms. The largest absolute Gasteiger partial charge is 0.393 e. The minimum atomic E-state index is -0.133. The molecule has 1 aliphatic rings. The number of hydrogen-bond donors (Lipinski definition) is 1. The van der Waals surface area contributed by atoms with Crippen LogP contribution < -0.4 is 0 Å². The topological polar surface area (TPSA) is 20.2 Å². The van der Waals surface area contributed by atoms with E-state index in [0.29, 0.717) is 0 Å². The first-order chi connectivity index (χ1) is 5.75. The Balaban J connectivity index is 2.37. The molecule has 1 aliphatic carbocycles. The molecular formula is C10H11BrO. The predicted octanol–water partition coefficient (Wildman–Crippen LogP) is 2.30. The molecule has 0 saturated carbocycles. The number of benzene rings is 1. The number of rotatable bonds is 0. The van der Waals surface area contributed by atoms with Gasteiger partial charge in [0.2, 0.25) is 0 Å². The summed E-state index contributed by atoms with van der Waals surface area (Å²) in [6, 6.07) is 6.32. The van der Waals surface area contributed by atoms with Crippen molar-refractivity contribution in [3.63, 3.8) is 0 Å².